The summed E-state index contributed by atoms with van der Waals surface area (Å²) in [6, 6.07) is 3.99. The summed E-state index contributed by atoms with van der Waals surface area (Å²) in [5.41, 5.74) is 1.77. The van der Waals surface area contributed by atoms with Gasteiger partial charge >= 0.3 is 0 Å². The van der Waals surface area contributed by atoms with E-state index in [1.807, 2.05) is 6.07 Å². The van der Waals surface area contributed by atoms with Gasteiger partial charge in [-0.15, -0.1) is 11.5 Å². The van der Waals surface area contributed by atoms with E-state index in [1.165, 1.54) is 64.2 Å². The van der Waals surface area contributed by atoms with Gasteiger partial charge in [-0.2, -0.15) is 5.10 Å². The Hall–Kier alpha value is -1.36. The molecule has 0 radical (unpaired) electrons. The molecule has 0 amide bonds. The monoisotopic (exact) mass is 284 g/mol. The molecule has 21 heavy (non-hydrogen) atoms. The largest absolute Gasteiger partial charge is 0.154 e. The summed E-state index contributed by atoms with van der Waals surface area (Å²) >= 11 is 0. The van der Waals surface area contributed by atoms with Crippen LogP contribution in [-0.2, 0) is 0 Å². The third kappa shape index (κ3) is 5.16. The second kappa shape index (κ2) is 8.82. The van der Waals surface area contributed by atoms with Gasteiger partial charge in [-0.05, 0) is 49.7 Å². The molecule has 1 aliphatic rings. The van der Waals surface area contributed by atoms with Crippen LogP contribution in [0.15, 0.2) is 12.1 Å². The number of terminal acetylenes is 1. The molecule has 1 saturated carbocycles. The summed E-state index contributed by atoms with van der Waals surface area (Å²) in [6.45, 7) is 2.28. The molecule has 114 valence electrons. The van der Waals surface area contributed by atoms with Gasteiger partial charge in [0.2, 0.25) is 0 Å². The summed E-state index contributed by atoms with van der Waals surface area (Å²) in [4.78, 5) is 0. The smallest absolute Gasteiger partial charge is 0.135 e. The molecule has 1 heterocycles. The zero-order valence-electron chi connectivity index (χ0n) is 13.4. The van der Waals surface area contributed by atoms with Crippen LogP contribution in [0.1, 0.15) is 88.4 Å². The molecule has 1 aliphatic carbocycles. The maximum Gasteiger partial charge on any atom is 0.135 e. The fraction of sp³-hybridized carbons (Fsp3) is 0.684. The molecule has 1 aromatic rings. The molecule has 0 spiro atoms. The molecule has 0 bridgehead atoms. The van der Waals surface area contributed by atoms with Crippen molar-refractivity contribution in [3.63, 3.8) is 0 Å². The highest BCUT2D eigenvalue weighted by Gasteiger charge is 2.23. The van der Waals surface area contributed by atoms with E-state index in [0.29, 0.717) is 11.6 Å². The van der Waals surface area contributed by atoms with E-state index >= 15 is 0 Å². The number of hydrogen-bond acceptors (Lipinski definition) is 2. The minimum Gasteiger partial charge on any atom is -0.154 e. The Bertz CT molecular complexity index is 436. The van der Waals surface area contributed by atoms with E-state index in [1.54, 1.807) is 0 Å². The van der Waals surface area contributed by atoms with Crippen LogP contribution in [0.2, 0.25) is 0 Å². The van der Waals surface area contributed by atoms with Gasteiger partial charge < -0.3 is 0 Å². The Kier molecular flexibility index (Phi) is 6.73. The van der Waals surface area contributed by atoms with Crippen LogP contribution in [-0.4, -0.2) is 10.2 Å². The van der Waals surface area contributed by atoms with Gasteiger partial charge in [-0.1, -0.05) is 45.4 Å². The molecule has 0 unspecified atom stereocenters. The second-order valence-electron chi connectivity index (χ2n) is 6.41. The number of unbranched alkanes of at least 4 members (excludes halogenated alkanes) is 4. The third-order valence-electron chi connectivity index (χ3n) is 4.81. The van der Waals surface area contributed by atoms with Gasteiger partial charge in [0, 0.05) is 5.92 Å². The summed E-state index contributed by atoms with van der Waals surface area (Å²) in [5, 5.41) is 8.39. The lowest BCUT2D eigenvalue weighted by Crippen LogP contribution is -2.14. The lowest BCUT2D eigenvalue weighted by Gasteiger charge is -2.28. The summed E-state index contributed by atoms with van der Waals surface area (Å²) in [7, 11) is 0. The predicted molar refractivity (Wildman–Crippen MR) is 88.0 cm³/mol. The average Bonchev–Trinajstić information content (AvgIpc) is 2.55. The van der Waals surface area contributed by atoms with Crippen LogP contribution in [0.4, 0.5) is 0 Å². The van der Waals surface area contributed by atoms with Gasteiger partial charge in [0.15, 0.2) is 0 Å². The Labute approximate surface area is 129 Å². The highest BCUT2D eigenvalue weighted by Crippen LogP contribution is 2.36. The molecule has 0 N–H and O–H groups in total. The Morgan fingerprint density at radius 2 is 1.81 bits per heavy atom. The minimum atomic E-state index is 0.598. The molecule has 1 fully saturated rings. The SMILES string of the molecule is C#Cc1ccc([C@H]2CC[C@H](CCCCCCC)CC2)nn1. The number of aromatic nitrogens is 2. The van der Waals surface area contributed by atoms with E-state index < -0.39 is 0 Å². The zero-order valence-corrected chi connectivity index (χ0v) is 13.4. The summed E-state index contributed by atoms with van der Waals surface area (Å²) in [6.07, 6.45) is 19.0. The fourth-order valence-corrected chi connectivity index (χ4v) is 3.42. The fourth-order valence-electron chi connectivity index (χ4n) is 3.42. The van der Waals surface area contributed by atoms with Crippen molar-refractivity contribution in [1.82, 2.24) is 10.2 Å². The van der Waals surface area contributed by atoms with E-state index in [9.17, 15) is 0 Å². The second-order valence-corrected chi connectivity index (χ2v) is 6.41. The van der Waals surface area contributed by atoms with Gasteiger partial charge in [-0.25, -0.2) is 0 Å². The van der Waals surface area contributed by atoms with E-state index in [4.69, 9.17) is 6.42 Å². The highest BCUT2D eigenvalue weighted by atomic mass is 15.1. The van der Waals surface area contributed by atoms with Gasteiger partial charge in [0.05, 0.1) is 5.69 Å². The quantitative estimate of drug-likeness (QED) is 0.514. The van der Waals surface area contributed by atoms with Crippen molar-refractivity contribution in [2.45, 2.75) is 77.0 Å². The Morgan fingerprint density at radius 1 is 1.05 bits per heavy atom. The molecule has 2 rings (SSSR count). The predicted octanol–water partition coefficient (Wildman–Crippen LogP) is 5.09. The summed E-state index contributed by atoms with van der Waals surface area (Å²) < 4.78 is 0. The Morgan fingerprint density at radius 3 is 2.43 bits per heavy atom. The molecular weight excluding hydrogens is 256 g/mol. The first kappa shape index (κ1) is 16.0. The number of hydrogen-bond donors (Lipinski definition) is 0. The molecule has 0 aromatic carbocycles. The van der Waals surface area contributed by atoms with Crippen molar-refractivity contribution in [2.24, 2.45) is 5.92 Å². The maximum atomic E-state index is 5.32. The summed E-state index contributed by atoms with van der Waals surface area (Å²) in [5.74, 6) is 4.07. The third-order valence-corrected chi connectivity index (χ3v) is 4.81. The maximum absolute atomic E-state index is 5.32. The van der Waals surface area contributed by atoms with Crippen LogP contribution >= 0.6 is 0 Å². The highest BCUT2D eigenvalue weighted by molar-refractivity contribution is 5.24. The van der Waals surface area contributed by atoms with E-state index in [0.717, 1.165) is 11.6 Å². The van der Waals surface area contributed by atoms with Gasteiger partial charge in [0.25, 0.3) is 0 Å². The van der Waals surface area contributed by atoms with Crippen LogP contribution in [0, 0.1) is 18.3 Å². The zero-order chi connectivity index (χ0) is 14.9. The van der Waals surface area contributed by atoms with Crippen molar-refractivity contribution in [2.75, 3.05) is 0 Å². The van der Waals surface area contributed by atoms with E-state index in [2.05, 4.69) is 29.1 Å². The van der Waals surface area contributed by atoms with Crippen molar-refractivity contribution in [3.8, 4) is 12.3 Å². The first-order valence-corrected chi connectivity index (χ1v) is 8.63. The lowest BCUT2D eigenvalue weighted by atomic mass is 9.78. The van der Waals surface area contributed by atoms with E-state index in [-0.39, 0.29) is 0 Å². The van der Waals surface area contributed by atoms with Crippen molar-refractivity contribution < 1.29 is 0 Å². The van der Waals surface area contributed by atoms with Crippen molar-refractivity contribution in [3.05, 3.63) is 23.5 Å². The lowest BCUT2D eigenvalue weighted by molar-refractivity contribution is 0.298. The first-order valence-electron chi connectivity index (χ1n) is 8.63. The molecular formula is C19H28N2. The molecule has 0 saturated heterocycles. The first-order chi connectivity index (χ1) is 10.3. The van der Waals surface area contributed by atoms with Crippen LogP contribution in [0.25, 0.3) is 0 Å². The number of nitrogens with zero attached hydrogens (tertiary/aromatic N) is 2. The minimum absolute atomic E-state index is 0.598. The molecule has 1 aromatic heterocycles. The Balaban J connectivity index is 1.69. The number of rotatable bonds is 7. The van der Waals surface area contributed by atoms with Crippen molar-refractivity contribution >= 4 is 0 Å². The normalized spacial score (nSPS) is 21.9. The topological polar surface area (TPSA) is 25.8 Å². The van der Waals surface area contributed by atoms with Crippen LogP contribution in [0.3, 0.4) is 0 Å². The molecule has 2 heteroatoms. The van der Waals surface area contributed by atoms with Gasteiger partial charge in [-0.3, -0.25) is 0 Å². The van der Waals surface area contributed by atoms with Crippen LogP contribution < -0.4 is 0 Å². The van der Waals surface area contributed by atoms with Gasteiger partial charge in [0.1, 0.15) is 5.69 Å². The standard InChI is InChI=1S/C19H28N2/c1-3-5-6-7-8-9-16-10-12-17(13-11-16)19-15-14-18(4-2)20-21-19/h2,14-17H,3,5-13H2,1H3/t16-,17-. The molecule has 2 nitrogen and oxygen atoms in total. The average molecular weight is 284 g/mol. The van der Waals surface area contributed by atoms with Crippen molar-refractivity contribution in [1.29, 1.82) is 0 Å². The molecule has 0 atom stereocenters. The van der Waals surface area contributed by atoms with Crippen LogP contribution in [0.5, 0.6) is 0 Å². The molecule has 0 aliphatic heterocycles.